The predicted octanol–water partition coefficient (Wildman–Crippen LogP) is 3.07. The van der Waals surface area contributed by atoms with Crippen molar-refractivity contribution in [2.75, 3.05) is 28.4 Å². The number of benzene rings is 2. The number of aliphatic imine (C=N–C) groups is 1. The molecular weight excluding hydrogens is 350 g/mol. The molecule has 0 aromatic heterocycles. The van der Waals surface area contributed by atoms with Crippen LogP contribution in [0.3, 0.4) is 0 Å². The Labute approximate surface area is 156 Å². The fourth-order valence-electron chi connectivity index (χ4n) is 2.57. The van der Waals surface area contributed by atoms with Crippen molar-refractivity contribution in [3.8, 4) is 23.0 Å². The van der Waals surface area contributed by atoms with Crippen molar-refractivity contribution >= 4 is 17.9 Å². The number of hydrogen-bond donors (Lipinski definition) is 0. The van der Waals surface area contributed by atoms with E-state index in [0.717, 1.165) is 0 Å². The van der Waals surface area contributed by atoms with E-state index < -0.39 is 5.97 Å². The molecule has 1 aliphatic rings. The van der Waals surface area contributed by atoms with Gasteiger partial charge in [0.05, 0.1) is 28.4 Å². The van der Waals surface area contributed by atoms with Gasteiger partial charge in [0.15, 0.2) is 17.2 Å². The molecule has 27 heavy (non-hydrogen) atoms. The second kappa shape index (κ2) is 7.82. The predicted molar refractivity (Wildman–Crippen MR) is 99.7 cm³/mol. The van der Waals surface area contributed by atoms with Crippen LogP contribution in [0.1, 0.15) is 11.1 Å². The first kappa shape index (κ1) is 18.3. The second-order valence-corrected chi connectivity index (χ2v) is 5.55. The molecule has 7 nitrogen and oxygen atoms in total. The largest absolute Gasteiger partial charge is 0.497 e. The molecule has 1 heterocycles. The van der Waals surface area contributed by atoms with Gasteiger partial charge in [-0.25, -0.2) is 9.79 Å². The third-order valence-corrected chi connectivity index (χ3v) is 3.93. The van der Waals surface area contributed by atoms with Gasteiger partial charge in [-0.15, -0.1) is 0 Å². The van der Waals surface area contributed by atoms with Gasteiger partial charge in [0.2, 0.25) is 5.90 Å². The molecule has 2 aromatic carbocycles. The van der Waals surface area contributed by atoms with Crippen LogP contribution in [0.15, 0.2) is 47.1 Å². The number of carbonyl (C=O) groups is 1. The lowest BCUT2D eigenvalue weighted by molar-refractivity contribution is -0.129. The Morgan fingerprint density at radius 3 is 2.11 bits per heavy atom. The first-order valence-electron chi connectivity index (χ1n) is 8.06. The molecule has 0 aliphatic carbocycles. The highest BCUT2D eigenvalue weighted by atomic mass is 16.6. The highest BCUT2D eigenvalue weighted by Crippen LogP contribution is 2.30. The molecule has 2 aromatic rings. The summed E-state index contributed by atoms with van der Waals surface area (Å²) in [5.74, 6) is 1.96. The molecule has 0 amide bonds. The highest BCUT2D eigenvalue weighted by Gasteiger charge is 2.25. The minimum absolute atomic E-state index is 0.176. The van der Waals surface area contributed by atoms with Crippen LogP contribution in [0.4, 0.5) is 0 Å². The molecular formula is C20H19NO6. The number of methoxy groups -OCH3 is 4. The fraction of sp³-hybridized carbons (Fsp3) is 0.200. The van der Waals surface area contributed by atoms with E-state index in [9.17, 15) is 4.79 Å². The van der Waals surface area contributed by atoms with Gasteiger partial charge in [-0.1, -0.05) is 0 Å². The summed E-state index contributed by atoms with van der Waals surface area (Å²) in [6.45, 7) is 0. The monoisotopic (exact) mass is 369 g/mol. The normalized spacial score (nSPS) is 14.6. The molecule has 0 unspecified atom stereocenters. The molecule has 140 valence electrons. The Bertz CT molecular complexity index is 910. The summed E-state index contributed by atoms with van der Waals surface area (Å²) in [5.41, 5.74) is 1.48. The zero-order valence-electron chi connectivity index (χ0n) is 15.4. The molecule has 0 spiro atoms. The fourth-order valence-corrected chi connectivity index (χ4v) is 2.57. The molecule has 0 atom stereocenters. The van der Waals surface area contributed by atoms with E-state index in [1.165, 1.54) is 7.11 Å². The number of hydrogen-bond acceptors (Lipinski definition) is 7. The van der Waals surface area contributed by atoms with Crippen LogP contribution in [0, 0.1) is 0 Å². The van der Waals surface area contributed by atoms with Gasteiger partial charge >= 0.3 is 5.97 Å². The number of carbonyl (C=O) groups excluding carboxylic acids is 1. The number of rotatable bonds is 6. The summed E-state index contributed by atoms with van der Waals surface area (Å²) in [6.07, 6.45) is 1.61. The Morgan fingerprint density at radius 1 is 0.852 bits per heavy atom. The third-order valence-electron chi connectivity index (χ3n) is 3.93. The summed E-state index contributed by atoms with van der Waals surface area (Å²) < 4.78 is 26.3. The number of cyclic esters (lactones) is 1. The smallest absolute Gasteiger partial charge is 0.363 e. The Balaban J connectivity index is 1.96. The topological polar surface area (TPSA) is 75.6 Å². The van der Waals surface area contributed by atoms with Gasteiger partial charge in [0.25, 0.3) is 0 Å². The first-order valence-corrected chi connectivity index (χ1v) is 8.06. The van der Waals surface area contributed by atoms with E-state index in [0.29, 0.717) is 34.1 Å². The van der Waals surface area contributed by atoms with E-state index in [1.54, 1.807) is 63.8 Å². The van der Waals surface area contributed by atoms with Crippen LogP contribution < -0.4 is 18.9 Å². The molecule has 0 N–H and O–H groups in total. The van der Waals surface area contributed by atoms with E-state index in [2.05, 4.69) is 4.99 Å². The minimum atomic E-state index is -0.540. The van der Waals surface area contributed by atoms with E-state index in [1.807, 2.05) is 0 Å². The summed E-state index contributed by atoms with van der Waals surface area (Å²) in [7, 11) is 6.20. The summed E-state index contributed by atoms with van der Waals surface area (Å²) in [6, 6.07) is 10.4. The molecule has 7 heteroatoms. The maximum Gasteiger partial charge on any atom is 0.363 e. The Hall–Kier alpha value is -3.48. The van der Waals surface area contributed by atoms with Crippen molar-refractivity contribution in [2.45, 2.75) is 0 Å². The lowest BCUT2D eigenvalue weighted by atomic mass is 10.1. The molecule has 0 saturated carbocycles. The van der Waals surface area contributed by atoms with E-state index >= 15 is 0 Å². The average molecular weight is 369 g/mol. The quantitative estimate of drug-likeness (QED) is 0.575. The molecule has 0 saturated heterocycles. The summed E-state index contributed by atoms with van der Waals surface area (Å²) in [5, 5.41) is 0. The highest BCUT2D eigenvalue weighted by molar-refractivity contribution is 6.13. The van der Waals surface area contributed by atoms with Gasteiger partial charge in [-0.3, -0.25) is 0 Å². The van der Waals surface area contributed by atoms with Gasteiger partial charge in [-0.2, -0.15) is 0 Å². The van der Waals surface area contributed by atoms with Crippen LogP contribution in [-0.2, 0) is 9.53 Å². The van der Waals surface area contributed by atoms with Crippen molar-refractivity contribution < 1.29 is 28.5 Å². The SMILES string of the molecule is COc1cc(C=C2N=C(c3ccc(OC)c(OC)c3)OC2=O)cc(OC)c1. The van der Waals surface area contributed by atoms with Crippen molar-refractivity contribution in [1.82, 2.24) is 0 Å². The zero-order valence-corrected chi connectivity index (χ0v) is 15.4. The number of esters is 1. The minimum Gasteiger partial charge on any atom is -0.497 e. The lowest BCUT2D eigenvalue weighted by Gasteiger charge is -2.08. The van der Waals surface area contributed by atoms with Crippen molar-refractivity contribution in [1.29, 1.82) is 0 Å². The van der Waals surface area contributed by atoms with Crippen molar-refractivity contribution in [2.24, 2.45) is 4.99 Å². The Morgan fingerprint density at radius 2 is 1.52 bits per heavy atom. The zero-order chi connectivity index (χ0) is 19.4. The lowest BCUT2D eigenvalue weighted by Crippen LogP contribution is -2.06. The average Bonchev–Trinajstić information content (AvgIpc) is 3.07. The summed E-state index contributed by atoms with van der Waals surface area (Å²) >= 11 is 0. The van der Waals surface area contributed by atoms with Crippen LogP contribution >= 0.6 is 0 Å². The second-order valence-electron chi connectivity index (χ2n) is 5.55. The third kappa shape index (κ3) is 3.87. The summed E-state index contributed by atoms with van der Waals surface area (Å²) in [4.78, 5) is 16.5. The van der Waals surface area contributed by atoms with E-state index in [4.69, 9.17) is 23.7 Å². The van der Waals surface area contributed by atoms with Gasteiger partial charge in [-0.05, 0) is 42.0 Å². The molecule has 0 radical (unpaired) electrons. The van der Waals surface area contributed by atoms with Crippen molar-refractivity contribution in [3.05, 3.63) is 53.2 Å². The van der Waals surface area contributed by atoms with Gasteiger partial charge in [0, 0.05) is 11.6 Å². The number of ether oxygens (including phenoxy) is 5. The molecule has 0 bridgehead atoms. The van der Waals surface area contributed by atoms with Gasteiger partial charge < -0.3 is 23.7 Å². The van der Waals surface area contributed by atoms with Crippen LogP contribution in [0.2, 0.25) is 0 Å². The van der Waals surface area contributed by atoms with E-state index in [-0.39, 0.29) is 11.6 Å². The van der Waals surface area contributed by atoms with Crippen LogP contribution in [-0.4, -0.2) is 40.3 Å². The molecule has 3 rings (SSSR count). The van der Waals surface area contributed by atoms with Crippen LogP contribution in [0.25, 0.3) is 6.08 Å². The Kier molecular flexibility index (Phi) is 5.30. The van der Waals surface area contributed by atoms with Gasteiger partial charge in [0.1, 0.15) is 11.5 Å². The van der Waals surface area contributed by atoms with Crippen molar-refractivity contribution in [3.63, 3.8) is 0 Å². The van der Waals surface area contributed by atoms with Crippen LogP contribution in [0.5, 0.6) is 23.0 Å². The maximum absolute atomic E-state index is 12.2. The standard InChI is InChI=1S/C20H19NO6/c1-23-14-7-12(8-15(11-14)24-2)9-16-20(22)27-19(21-16)13-5-6-17(25-3)18(10-13)26-4/h5-11H,1-4H3. The molecule has 1 aliphatic heterocycles. The maximum atomic E-state index is 12.2. The number of nitrogens with zero attached hydrogens (tertiary/aromatic N) is 1. The first-order chi connectivity index (χ1) is 13.1. The molecule has 0 fully saturated rings.